The predicted octanol–water partition coefficient (Wildman–Crippen LogP) is 3.76. The normalized spacial score (nSPS) is 12.1. The van der Waals surface area contributed by atoms with Gasteiger partial charge in [-0.1, -0.05) is 20.8 Å². The van der Waals surface area contributed by atoms with Gasteiger partial charge in [0, 0.05) is 30.3 Å². The fraction of sp³-hybridized carbons (Fsp3) is 0.500. The number of benzene rings is 1. The summed E-state index contributed by atoms with van der Waals surface area (Å²) in [4.78, 5) is 23.6. The van der Waals surface area contributed by atoms with Gasteiger partial charge in [0.1, 0.15) is 10.6 Å². The highest BCUT2D eigenvalue weighted by Crippen LogP contribution is 2.34. The van der Waals surface area contributed by atoms with Crippen LogP contribution in [0.1, 0.15) is 64.0 Å². The molecule has 33 heavy (non-hydrogen) atoms. The maximum Gasteiger partial charge on any atom is 0.356 e. The Morgan fingerprint density at radius 2 is 1.88 bits per heavy atom. The molecule has 2 rings (SSSR count). The molecule has 0 aliphatic rings. The third-order valence-corrected chi connectivity index (χ3v) is 6.12. The van der Waals surface area contributed by atoms with Crippen molar-refractivity contribution in [3.63, 3.8) is 0 Å². The highest BCUT2D eigenvalue weighted by Gasteiger charge is 2.26. The van der Waals surface area contributed by atoms with Gasteiger partial charge in [0.25, 0.3) is 0 Å². The summed E-state index contributed by atoms with van der Waals surface area (Å²) in [5.74, 6) is -1.36. The van der Waals surface area contributed by atoms with Crippen LogP contribution < -0.4 is 14.8 Å². The number of nitrogens with zero attached hydrogens (tertiary/aromatic N) is 2. The molecule has 1 aromatic carbocycles. The lowest BCUT2D eigenvalue weighted by atomic mass is 9.92. The Balaban J connectivity index is 2.55. The van der Waals surface area contributed by atoms with E-state index in [2.05, 4.69) is 15.1 Å². The Labute approximate surface area is 194 Å². The molecule has 0 radical (unpaired) electrons. The van der Waals surface area contributed by atoms with Crippen LogP contribution >= 0.6 is 0 Å². The van der Waals surface area contributed by atoms with Crippen LogP contribution in [0.25, 0.3) is 0 Å². The monoisotopic (exact) mass is 480 g/mol. The molecule has 182 valence electrons. The van der Waals surface area contributed by atoms with E-state index in [1.165, 1.54) is 22.9 Å². The number of hydrogen-bond donors (Lipinski definition) is 3. The van der Waals surface area contributed by atoms with Crippen LogP contribution in [-0.2, 0) is 21.4 Å². The van der Waals surface area contributed by atoms with Crippen LogP contribution in [0.2, 0.25) is 0 Å². The molecule has 0 bridgehead atoms. The lowest BCUT2D eigenvalue weighted by molar-refractivity contribution is -0.117. The van der Waals surface area contributed by atoms with Crippen molar-refractivity contribution in [2.24, 2.45) is 5.41 Å². The zero-order valence-electron chi connectivity index (χ0n) is 20.0. The summed E-state index contributed by atoms with van der Waals surface area (Å²) in [5.41, 5.74) is 0.154. The van der Waals surface area contributed by atoms with E-state index in [4.69, 9.17) is 4.74 Å². The Kier molecular flexibility index (Phi) is 7.91. The third-order valence-electron chi connectivity index (χ3n) is 4.44. The molecule has 3 N–H and O–H groups in total. The first-order chi connectivity index (χ1) is 15.1. The Hall–Kier alpha value is -2.92. The molecule has 0 aliphatic heterocycles. The summed E-state index contributed by atoms with van der Waals surface area (Å²) in [6.45, 7) is 12.8. The first-order valence-electron chi connectivity index (χ1n) is 10.6. The van der Waals surface area contributed by atoms with E-state index in [1.807, 2.05) is 20.8 Å². The molecule has 0 fully saturated rings. The summed E-state index contributed by atoms with van der Waals surface area (Å²) in [6.07, 6.45) is 0.254. The van der Waals surface area contributed by atoms with Crippen molar-refractivity contribution in [1.29, 1.82) is 0 Å². The van der Waals surface area contributed by atoms with Crippen LogP contribution in [0.15, 0.2) is 23.1 Å². The number of nitrogens with one attached hydrogen (secondary N) is 2. The number of rotatable bonds is 9. The molecule has 0 unspecified atom stereocenters. The van der Waals surface area contributed by atoms with Crippen molar-refractivity contribution in [3.05, 3.63) is 29.5 Å². The lowest BCUT2D eigenvalue weighted by Crippen LogP contribution is -2.30. The van der Waals surface area contributed by atoms with Gasteiger partial charge < -0.3 is 15.2 Å². The first kappa shape index (κ1) is 26.3. The van der Waals surface area contributed by atoms with Gasteiger partial charge in [-0.25, -0.2) is 22.6 Å². The number of sulfonamides is 1. The van der Waals surface area contributed by atoms with Crippen LogP contribution in [0.4, 0.5) is 5.69 Å². The molecular formula is C22H32N4O6S. The summed E-state index contributed by atoms with van der Waals surface area (Å²) in [7, 11) is -4.02. The van der Waals surface area contributed by atoms with Gasteiger partial charge in [-0.15, -0.1) is 0 Å². The maximum atomic E-state index is 13.1. The van der Waals surface area contributed by atoms with E-state index in [-0.39, 0.29) is 51.6 Å². The quantitative estimate of drug-likeness (QED) is 0.496. The van der Waals surface area contributed by atoms with Crippen molar-refractivity contribution in [2.75, 3.05) is 5.32 Å². The number of aromatic carboxylic acids is 1. The standard InChI is InChI=1S/C22H32N4O6S/c1-8-26-20(14(4)19(24-26)21(28)29)32-16-10-9-15(23-18(27)12-22(5,6)7)11-17(16)33(30,31)25-13(2)3/h9-11,13,25H,8,12H2,1-7H3,(H,23,27)(H,28,29). The van der Waals surface area contributed by atoms with Crippen molar-refractivity contribution in [2.45, 2.75) is 72.4 Å². The number of amides is 1. The molecule has 10 nitrogen and oxygen atoms in total. The second-order valence-corrected chi connectivity index (χ2v) is 10.9. The number of hydrogen-bond acceptors (Lipinski definition) is 6. The van der Waals surface area contributed by atoms with Crippen LogP contribution in [0, 0.1) is 12.3 Å². The average Bonchev–Trinajstić information content (AvgIpc) is 2.96. The second-order valence-electron chi connectivity index (χ2n) is 9.22. The second kappa shape index (κ2) is 9.92. The SMILES string of the molecule is CCn1nc(C(=O)O)c(C)c1Oc1ccc(NC(=O)CC(C)(C)C)cc1S(=O)(=O)NC(C)C. The predicted molar refractivity (Wildman–Crippen MR) is 124 cm³/mol. The van der Waals surface area contributed by atoms with Gasteiger partial charge in [-0.05, 0) is 51.3 Å². The van der Waals surface area contributed by atoms with Crippen LogP contribution in [0.5, 0.6) is 11.6 Å². The molecule has 0 saturated carbocycles. The third kappa shape index (κ3) is 6.78. The number of ether oxygens (including phenoxy) is 1. The van der Waals surface area contributed by atoms with Crippen LogP contribution in [-0.4, -0.2) is 41.2 Å². The fourth-order valence-electron chi connectivity index (χ4n) is 3.13. The topological polar surface area (TPSA) is 140 Å². The molecule has 0 saturated heterocycles. The van der Waals surface area contributed by atoms with E-state index in [9.17, 15) is 23.1 Å². The van der Waals surface area contributed by atoms with Crippen molar-refractivity contribution < 1.29 is 27.9 Å². The number of aromatic nitrogens is 2. The first-order valence-corrected chi connectivity index (χ1v) is 12.1. The highest BCUT2D eigenvalue weighted by atomic mass is 32.2. The summed E-state index contributed by atoms with van der Waals surface area (Å²) in [5, 5.41) is 16.1. The van der Waals surface area contributed by atoms with Crippen LogP contribution in [0.3, 0.4) is 0 Å². The molecule has 1 amide bonds. The Bertz CT molecular complexity index is 1150. The maximum absolute atomic E-state index is 13.1. The van der Waals surface area contributed by atoms with E-state index in [0.29, 0.717) is 12.2 Å². The van der Waals surface area contributed by atoms with Gasteiger partial charge in [0.05, 0.1) is 0 Å². The molecule has 1 heterocycles. The average molecular weight is 481 g/mol. The minimum atomic E-state index is -4.02. The minimum Gasteiger partial charge on any atom is -0.476 e. The summed E-state index contributed by atoms with van der Waals surface area (Å²) < 4.78 is 35.9. The number of carboxylic acids is 1. The molecule has 0 aliphatic carbocycles. The van der Waals surface area contributed by atoms with Gasteiger partial charge in [-0.2, -0.15) is 5.10 Å². The Morgan fingerprint density at radius 3 is 2.39 bits per heavy atom. The lowest BCUT2D eigenvalue weighted by Gasteiger charge is -2.19. The van der Waals surface area contributed by atoms with E-state index in [1.54, 1.807) is 27.7 Å². The molecule has 1 aromatic heterocycles. The number of carboxylic acid groups (broad SMARTS) is 1. The molecule has 0 atom stereocenters. The zero-order chi connectivity index (χ0) is 25.1. The van der Waals surface area contributed by atoms with E-state index < -0.39 is 16.0 Å². The van der Waals surface area contributed by atoms with E-state index in [0.717, 1.165) is 0 Å². The zero-order valence-corrected chi connectivity index (χ0v) is 20.8. The van der Waals surface area contributed by atoms with Gasteiger partial charge in [0.15, 0.2) is 5.69 Å². The number of anilines is 1. The van der Waals surface area contributed by atoms with Crippen molar-refractivity contribution >= 4 is 27.6 Å². The van der Waals surface area contributed by atoms with Crippen molar-refractivity contribution in [1.82, 2.24) is 14.5 Å². The molecule has 0 spiro atoms. The molecule has 2 aromatic rings. The smallest absolute Gasteiger partial charge is 0.356 e. The van der Waals surface area contributed by atoms with Gasteiger partial charge in [0.2, 0.25) is 21.8 Å². The van der Waals surface area contributed by atoms with E-state index >= 15 is 0 Å². The number of aryl methyl sites for hydroxylation is 1. The largest absolute Gasteiger partial charge is 0.476 e. The molecule has 11 heteroatoms. The number of carbonyl (C=O) groups is 2. The fourth-order valence-corrected chi connectivity index (χ4v) is 4.53. The summed E-state index contributed by atoms with van der Waals surface area (Å²) >= 11 is 0. The Morgan fingerprint density at radius 1 is 1.24 bits per heavy atom. The summed E-state index contributed by atoms with van der Waals surface area (Å²) in [6, 6.07) is 3.89. The highest BCUT2D eigenvalue weighted by molar-refractivity contribution is 7.89. The van der Waals surface area contributed by atoms with Gasteiger partial charge >= 0.3 is 5.97 Å². The van der Waals surface area contributed by atoms with Crippen molar-refractivity contribution in [3.8, 4) is 11.6 Å². The number of carbonyl (C=O) groups excluding carboxylic acids is 1. The van der Waals surface area contributed by atoms with Gasteiger partial charge in [-0.3, -0.25) is 4.79 Å². The molecular weight excluding hydrogens is 448 g/mol. The minimum absolute atomic E-state index is 0.0217.